The lowest BCUT2D eigenvalue weighted by atomic mass is 9.72. The summed E-state index contributed by atoms with van der Waals surface area (Å²) in [6.45, 7) is 15.2. The zero-order valence-electron chi connectivity index (χ0n) is 13.1. The van der Waals surface area contributed by atoms with Crippen LogP contribution in [0.1, 0.15) is 40.5 Å². The van der Waals surface area contributed by atoms with Gasteiger partial charge in [-0.15, -0.1) is 0 Å². The first-order chi connectivity index (χ1) is 8.91. The lowest BCUT2D eigenvalue weighted by Crippen LogP contribution is -2.68. The molecule has 1 saturated carbocycles. The fourth-order valence-corrected chi connectivity index (χ4v) is 3.55. The van der Waals surface area contributed by atoms with E-state index in [0.717, 1.165) is 52.2 Å². The zero-order valence-corrected chi connectivity index (χ0v) is 13.1. The normalized spacial score (nSPS) is 34.3. The van der Waals surface area contributed by atoms with E-state index in [0.29, 0.717) is 6.10 Å². The second-order valence-electron chi connectivity index (χ2n) is 7.06. The van der Waals surface area contributed by atoms with Gasteiger partial charge < -0.3 is 10.5 Å². The quantitative estimate of drug-likeness (QED) is 0.835. The number of nitrogens with zero attached hydrogens (tertiary/aromatic N) is 2. The van der Waals surface area contributed by atoms with E-state index in [4.69, 9.17) is 10.5 Å². The number of hydrogen-bond acceptors (Lipinski definition) is 4. The van der Waals surface area contributed by atoms with Crippen molar-refractivity contribution in [2.24, 2.45) is 5.73 Å². The van der Waals surface area contributed by atoms with Gasteiger partial charge in [0.15, 0.2) is 0 Å². The highest BCUT2D eigenvalue weighted by Gasteiger charge is 2.48. The smallest absolute Gasteiger partial charge is 0.0611 e. The highest BCUT2D eigenvalue weighted by Crippen LogP contribution is 2.39. The summed E-state index contributed by atoms with van der Waals surface area (Å²) in [6.07, 6.45) is 2.67. The summed E-state index contributed by atoms with van der Waals surface area (Å²) >= 11 is 0. The minimum absolute atomic E-state index is 0.226. The van der Waals surface area contributed by atoms with Gasteiger partial charge in [-0.2, -0.15) is 0 Å². The van der Waals surface area contributed by atoms with Crippen LogP contribution in [0.25, 0.3) is 0 Å². The monoisotopic (exact) mass is 269 g/mol. The summed E-state index contributed by atoms with van der Waals surface area (Å²) in [4.78, 5) is 5.19. The van der Waals surface area contributed by atoms with Crippen LogP contribution >= 0.6 is 0 Å². The van der Waals surface area contributed by atoms with Crippen LogP contribution in [0.15, 0.2) is 0 Å². The minimum Gasteiger partial charge on any atom is -0.378 e. The largest absolute Gasteiger partial charge is 0.378 e. The molecule has 1 saturated heterocycles. The van der Waals surface area contributed by atoms with Crippen molar-refractivity contribution in [3.63, 3.8) is 0 Å². The molecule has 4 heteroatoms. The first-order valence-electron chi connectivity index (χ1n) is 7.73. The van der Waals surface area contributed by atoms with Crippen LogP contribution in [-0.4, -0.2) is 66.3 Å². The van der Waals surface area contributed by atoms with Gasteiger partial charge in [-0.3, -0.25) is 9.80 Å². The molecule has 0 radical (unpaired) electrons. The van der Waals surface area contributed by atoms with Gasteiger partial charge in [0.1, 0.15) is 0 Å². The predicted molar refractivity (Wildman–Crippen MR) is 79.3 cm³/mol. The van der Waals surface area contributed by atoms with Crippen LogP contribution in [0.5, 0.6) is 0 Å². The Labute approximate surface area is 118 Å². The molecule has 0 aromatic rings. The standard InChI is InChI=1S/C15H31N3O/c1-5-19-13-10-15(11-13,12-16)18-8-6-17(7-9-18)14(2,3)4/h13H,5-12,16H2,1-4H3. The molecule has 2 rings (SSSR count). The van der Waals surface area contributed by atoms with E-state index >= 15 is 0 Å². The molecule has 0 aromatic carbocycles. The molecule has 1 heterocycles. The second-order valence-corrected chi connectivity index (χ2v) is 7.06. The first-order valence-corrected chi connectivity index (χ1v) is 7.73. The van der Waals surface area contributed by atoms with Crippen LogP contribution in [0.2, 0.25) is 0 Å². The van der Waals surface area contributed by atoms with Crippen molar-refractivity contribution in [1.29, 1.82) is 0 Å². The average molecular weight is 269 g/mol. The van der Waals surface area contributed by atoms with E-state index in [1.165, 1.54) is 0 Å². The van der Waals surface area contributed by atoms with E-state index in [1.807, 2.05) is 0 Å². The molecule has 0 atom stereocenters. The molecule has 0 spiro atoms. The number of rotatable bonds is 4. The van der Waals surface area contributed by atoms with Crippen molar-refractivity contribution in [2.45, 2.75) is 57.7 Å². The molecular formula is C15H31N3O. The number of ether oxygens (including phenoxy) is 1. The third-order valence-corrected chi connectivity index (χ3v) is 4.90. The molecule has 0 aromatic heterocycles. The van der Waals surface area contributed by atoms with Gasteiger partial charge in [0.2, 0.25) is 0 Å². The minimum atomic E-state index is 0.226. The first kappa shape index (κ1) is 15.2. The third kappa shape index (κ3) is 3.13. The Hall–Kier alpha value is -0.160. The summed E-state index contributed by atoms with van der Waals surface area (Å²) in [6, 6.07) is 0. The maximum atomic E-state index is 6.07. The maximum absolute atomic E-state index is 6.07. The lowest BCUT2D eigenvalue weighted by molar-refractivity contribution is -0.114. The molecule has 2 aliphatic rings. The van der Waals surface area contributed by atoms with Gasteiger partial charge in [-0.1, -0.05) is 0 Å². The van der Waals surface area contributed by atoms with Gasteiger partial charge in [0.25, 0.3) is 0 Å². The van der Waals surface area contributed by atoms with Crippen LogP contribution in [0.4, 0.5) is 0 Å². The molecule has 2 fully saturated rings. The van der Waals surface area contributed by atoms with Crippen molar-refractivity contribution in [2.75, 3.05) is 39.3 Å². The summed E-state index contributed by atoms with van der Waals surface area (Å²) in [5, 5.41) is 0. The summed E-state index contributed by atoms with van der Waals surface area (Å²) in [5.74, 6) is 0. The predicted octanol–water partition coefficient (Wildman–Crippen LogP) is 1.30. The summed E-state index contributed by atoms with van der Waals surface area (Å²) in [7, 11) is 0. The van der Waals surface area contributed by atoms with Crippen molar-refractivity contribution >= 4 is 0 Å². The van der Waals surface area contributed by atoms with E-state index in [1.54, 1.807) is 0 Å². The zero-order chi connectivity index (χ0) is 14.1. The highest BCUT2D eigenvalue weighted by molar-refractivity contribution is 5.05. The fourth-order valence-electron chi connectivity index (χ4n) is 3.55. The van der Waals surface area contributed by atoms with Crippen LogP contribution in [-0.2, 0) is 4.74 Å². The van der Waals surface area contributed by atoms with Crippen LogP contribution in [0.3, 0.4) is 0 Å². The molecule has 2 N–H and O–H groups in total. The number of nitrogens with two attached hydrogens (primary N) is 1. The Balaban J connectivity index is 1.87. The van der Waals surface area contributed by atoms with Crippen molar-refractivity contribution in [3.05, 3.63) is 0 Å². The van der Waals surface area contributed by atoms with Crippen LogP contribution < -0.4 is 5.73 Å². The molecular weight excluding hydrogens is 238 g/mol. The molecule has 1 aliphatic heterocycles. The molecule has 112 valence electrons. The molecule has 0 bridgehead atoms. The Kier molecular flexibility index (Phi) is 4.56. The van der Waals surface area contributed by atoms with Gasteiger partial charge in [-0.25, -0.2) is 0 Å². The van der Waals surface area contributed by atoms with Crippen molar-refractivity contribution in [3.8, 4) is 0 Å². The van der Waals surface area contributed by atoms with Crippen LogP contribution in [0, 0.1) is 0 Å². The average Bonchev–Trinajstić information content (AvgIpc) is 2.32. The van der Waals surface area contributed by atoms with Gasteiger partial charge in [-0.05, 0) is 40.5 Å². The number of hydrogen-bond donors (Lipinski definition) is 1. The van der Waals surface area contributed by atoms with Gasteiger partial charge in [0, 0.05) is 50.4 Å². The molecule has 19 heavy (non-hydrogen) atoms. The third-order valence-electron chi connectivity index (χ3n) is 4.90. The molecule has 0 unspecified atom stereocenters. The highest BCUT2D eigenvalue weighted by atomic mass is 16.5. The Morgan fingerprint density at radius 2 is 1.74 bits per heavy atom. The molecule has 4 nitrogen and oxygen atoms in total. The van der Waals surface area contributed by atoms with E-state index in [9.17, 15) is 0 Å². The van der Waals surface area contributed by atoms with Crippen molar-refractivity contribution in [1.82, 2.24) is 9.80 Å². The maximum Gasteiger partial charge on any atom is 0.0611 e. The Morgan fingerprint density at radius 1 is 1.16 bits per heavy atom. The van der Waals surface area contributed by atoms with Gasteiger partial charge >= 0.3 is 0 Å². The van der Waals surface area contributed by atoms with E-state index < -0.39 is 0 Å². The van der Waals surface area contributed by atoms with E-state index in [2.05, 4.69) is 37.5 Å². The molecule has 1 aliphatic carbocycles. The SMILES string of the molecule is CCOC1CC(CN)(N2CCN(C(C)(C)C)CC2)C1. The summed E-state index contributed by atoms with van der Waals surface area (Å²) < 4.78 is 5.71. The fraction of sp³-hybridized carbons (Fsp3) is 1.00. The summed E-state index contributed by atoms with van der Waals surface area (Å²) in [5.41, 5.74) is 6.58. The molecule has 0 amide bonds. The lowest BCUT2D eigenvalue weighted by Gasteiger charge is -2.56. The number of piperazine rings is 1. The van der Waals surface area contributed by atoms with Crippen molar-refractivity contribution < 1.29 is 4.74 Å². The Bertz CT molecular complexity index is 286. The van der Waals surface area contributed by atoms with E-state index in [-0.39, 0.29) is 11.1 Å². The van der Waals surface area contributed by atoms with Gasteiger partial charge in [0.05, 0.1) is 6.10 Å². The topological polar surface area (TPSA) is 41.7 Å². The second kappa shape index (κ2) is 5.68. The Morgan fingerprint density at radius 3 is 2.16 bits per heavy atom.